The minimum Gasteiger partial charge on any atom is -0.493 e. The maximum Gasteiger partial charge on any atom is 0.224 e. The molecule has 1 fully saturated rings. The van der Waals surface area contributed by atoms with Gasteiger partial charge in [0.05, 0.1) is 31.0 Å². The van der Waals surface area contributed by atoms with Crippen molar-refractivity contribution in [2.75, 3.05) is 20.3 Å². The van der Waals surface area contributed by atoms with Crippen LogP contribution in [0.2, 0.25) is 5.02 Å². The second kappa shape index (κ2) is 11.1. The number of benzene rings is 2. The van der Waals surface area contributed by atoms with E-state index in [2.05, 4.69) is 10.4 Å². The van der Waals surface area contributed by atoms with Gasteiger partial charge in [-0.1, -0.05) is 23.7 Å². The standard InChI is InChI=1S/C27H32ClN3O4/c1-17-7-9-21(13-24(17)28)31-19(3)23(18(2)30-31)14-27(32)29-15-20-8-10-25(26(12-20)33-4)35-16-22-6-5-11-34-22/h7-10,12-13,22H,5-6,11,14-16H2,1-4H3,(H,29,32). The van der Waals surface area contributed by atoms with Crippen LogP contribution in [0.5, 0.6) is 11.5 Å². The van der Waals surface area contributed by atoms with Crippen LogP contribution in [0.25, 0.3) is 5.69 Å². The number of nitrogens with one attached hydrogen (secondary N) is 1. The van der Waals surface area contributed by atoms with E-state index in [1.54, 1.807) is 7.11 Å². The van der Waals surface area contributed by atoms with E-state index in [0.717, 1.165) is 53.2 Å². The van der Waals surface area contributed by atoms with Crippen LogP contribution in [0, 0.1) is 20.8 Å². The number of aromatic nitrogens is 2. The van der Waals surface area contributed by atoms with Gasteiger partial charge in [-0.25, -0.2) is 4.68 Å². The summed E-state index contributed by atoms with van der Waals surface area (Å²) in [7, 11) is 1.61. The van der Waals surface area contributed by atoms with Crippen molar-refractivity contribution >= 4 is 17.5 Å². The summed E-state index contributed by atoms with van der Waals surface area (Å²) in [5, 5.41) is 8.33. The van der Waals surface area contributed by atoms with Crippen LogP contribution in [0.15, 0.2) is 36.4 Å². The Kier molecular flexibility index (Phi) is 7.98. The van der Waals surface area contributed by atoms with Gasteiger partial charge in [-0.15, -0.1) is 0 Å². The van der Waals surface area contributed by atoms with Crippen LogP contribution in [0.1, 0.15) is 40.9 Å². The maximum absolute atomic E-state index is 12.8. The molecule has 4 rings (SSSR count). The molecule has 3 aromatic rings. The molecule has 1 aromatic heterocycles. The Bertz CT molecular complexity index is 1200. The number of rotatable bonds is 9. The van der Waals surface area contributed by atoms with Crippen molar-refractivity contribution in [3.05, 3.63) is 69.5 Å². The molecule has 2 aromatic carbocycles. The van der Waals surface area contributed by atoms with Gasteiger partial charge < -0.3 is 19.5 Å². The summed E-state index contributed by atoms with van der Waals surface area (Å²) in [6, 6.07) is 11.5. The highest BCUT2D eigenvalue weighted by atomic mass is 35.5. The molecule has 0 bridgehead atoms. The van der Waals surface area contributed by atoms with Gasteiger partial charge in [0.25, 0.3) is 0 Å². The van der Waals surface area contributed by atoms with Crippen molar-refractivity contribution in [1.29, 1.82) is 0 Å². The molecule has 0 saturated carbocycles. The van der Waals surface area contributed by atoms with Crippen molar-refractivity contribution in [2.45, 2.75) is 52.7 Å². The Balaban J connectivity index is 1.37. The van der Waals surface area contributed by atoms with Gasteiger partial charge >= 0.3 is 0 Å². The zero-order valence-corrected chi connectivity index (χ0v) is 21.4. The molecule has 0 aliphatic carbocycles. The quantitative estimate of drug-likeness (QED) is 0.456. The Morgan fingerprint density at radius 2 is 2.03 bits per heavy atom. The summed E-state index contributed by atoms with van der Waals surface area (Å²) >= 11 is 6.30. The van der Waals surface area contributed by atoms with Crippen LogP contribution in [-0.4, -0.2) is 42.1 Å². The molecule has 2 heterocycles. The van der Waals surface area contributed by atoms with Crippen LogP contribution in [0.4, 0.5) is 0 Å². The SMILES string of the molecule is COc1cc(CNC(=O)Cc2c(C)nn(-c3ccc(C)c(Cl)c3)c2C)ccc1OCC1CCCO1. The monoisotopic (exact) mass is 497 g/mol. The van der Waals surface area contributed by atoms with Crippen LogP contribution < -0.4 is 14.8 Å². The first-order valence-corrected chi connectivity index (χ1v) is 12.2. The molecular formula is C27H32ClN3O4. The molecule has 1 unspecified atom stereocenters. The second-order valence-electron chi connectivity index (χ2n) is 8.88. The Morgan fingerprint density at radius 3 is 2.74 bits per heavy atom. The van der Waals surface area contributed by atoms with Crippen LogP contribution in [0.3, 0.4) is 0 Å². The second-order valence-corrected chi connectivity index (χ2v) is 9.29. The molecule has 8 heteroatoms. The topological polar surface area (TPSA) is 74.6 Å². The Morgan fingerprint density at radius 1 is 1.20 bits per heavy atom. The molecule has 1 N–H and O–H groups in total. The fourth-order valence-corrected chi connectivity index (χ4v) is 4.39. The summed E-state index contributed by atoms with van der Waals surface area (Å²) in [5.41, 5.74) is 5.47. The fourth-order valence-electron chi connectivity index (χ4n) is 4.22. The molecule has 186 valence electrons. The van der Waals surface area contributed by atoms with Gasteiger partial charge in [0.2, 0.25) is 5.91 Å². The zero-order valence-electron chi connectivity index (χ0n) is 20.7. The molecule has 0 radical (unpaired) electrons. The molecule has 1 amide bonds. The highest BCUT2D eigenvalue weighted by molar-refractivity contribution is 6.31. The van der Waals surface area contributed by atoms with Crippen LogP contribution >= 0.6 is 11.6 Å². The molecule has 1 aliphatic rings. The molecular weight excluding hydrogens is 466 g/mol. The highest BCUT2D eigenvalue weighted by Crippen LogP contribution is 2.29. The number of halogens is 1. The first-order chi connectivity index (χ1) is 16.9. The lowest BCUT2D eigenvalue weighted by molar-refractivity contribution is -0.120. The van der Waals surface area contributed by atoms with E-state index in [4.69, 9.17) is 25.8 Å². The molecule has 1 aliphatic heterocycles. The van der Waals surface area contributed by atoms with Crippen molar-refractivity contribution in [3.63, 3.8) is 0 Å². The van der Waals surface area contributed by atoms with E-state index in [1.807, 2.05) is 61.9 Å². The van der Waals surface area contributed by atoms with Crippen molar-refractivity contribution in [3.8, 4) is 17.2 Å². The number of hydrogen-bond acceptors (Lipinski definition) is 5. The Hall–Kier alpha value is -3.03. The normalized spacial score (nSPS) is 15.3. The third kappa shape index (κ3) is 5.97. The molecule has 35 heavy (non-hydrogen) atoms. The molecule has 7 nitrogen and oxygen atoms in total. The smallest absolute Gasteiger partial charge is 0.224 e. The number of aryl methyl sites for hydroxylation is 2. The summed E-state index contributed by atoms with van der Waals surface area (Å²) < 4.78 is 18.8. The van der Waals surface area contributed by atoms with Gasteiger partial charge in [0.1, 0.15) is 6.61 Å². The predicted octanol–water partition coefficient (Wildman–Crippen LogP) is 4.88. The number of amides is 1. The van der Waals surface area contributed by atoms with Crippen molar-refractivity contribution < 1.29 is 19.0 Å². The number of ether oxygens (including phenoxy) is 3. The minimum atomic E-state index is -0.0737. The Labute approximate surface area is 211 Å². The van der Waals surface area contributed by atoms with E-state index in [-0.39, 0.29) is 18.4 Å². The number of nitrogens with zero attached hydrogens (tertiary/aromatic N) is 2. The third-order valence-electron chi connectivity index (χ3n) is 6.34. The van der Waals surface area contributed by atoms with Gasteiger partial charge in [-0.3, -0.25) is 4.79 Å². The zero-order chi connectivity index (χ0) is 24.9. The first kappa shape index (κ1) is 25.1. The lowest BCUT2D eigenvalue weighted by Gasteiger charge is -2.15. The van der Waals surface area contributed by atoms with Crippen molar-refractivity contribution in [1.82, 2.24) is 15.1 Å². The fraction of sp³-hybridized carbons (Fsp3) is 0.407. The number of hydrogen-bond donors (Lipinski definition) is 1. The highest BCUT2D eigenvalue weighted by Gasteiger charge is 2.18. The largest absolute Gasteiger partial charge is 0.493 e. The minimum absolute atomic E-state index is 0.0737. The van der Waals surface area contributed by atoms with Crippen molar-refractivity contribution in [2.24, 2.45) is 0 Å². The maximum atomic E-state index is 12.8. The number of methoxy groups -OCH3 is 1. The molecule has 0 spiro atoms. The first-order valence-electron chi connectivity index (χ1n) is 11.9. The summed E-state index contributed by atoms with van der Waals surface area (Å²) in [4.78, 5) is 12.8. The van der Waals surface area contributed by atoms with Gasteiger partial charge in [0, 0.05) is 29.4 Å². The van der Waals surface area contributed by atoms with E-state index < -0.39 is 0 Å². The van der Waals surface area contributed by atoms with E-state index >= 15 is 0 Å². The number of carbonyl (C=O) groups excluding carboxylic acids is 1. The predicted molar refractivity (Wildman–Crippen MR) is 136 cm³/mol. The summed E-state index contributed by atoms with van der Waals surface area (Å²) in [5.74, 6) is 1.24. The number of carbonyl (C=O) groups is 1. The molecule has 1 atom stereocenters. The average Bonchev–Trinajstić information content (AvgIpc) is 3.47. The third-order valence-corrected chi connectivity index (χ3v) is 6.75. The summed E-state index contributed by atoms with van der Waals surface area (Å²) in [6.45, 7) is 7.54. The van der Waals surface area contributed by atoms with E-state index in [0.29, 0.717) is 29.7 Å². The van der Waals surface area contributed by atoms with E-state index in [9.17, 15) is 4.79 Å². The molecule has 1 saturated heterocycles. The van der Waals surface area contributed by atoms with Gasteiger partial charge in [-0.05, 0) is 69.0 Å². The van der Waals surface area contributed by atoms with Crippen LogP contribution in [-0.2, 0) is 22.5 Å². The lowest BCUT2D eigenvalue weighted by Crippen LogP contribution is -2.25. The average molecular weight is 498 g/mol. The van der Waals surface area contributed by atoms with E-state index in [1.165, 1.54) is 0 Å². The van der Waals surface area contributed by atoms with Gasteiger partial charge in [-0.2, -0.15) is 5.10 Å². The van der Waals surface area contributed by atoms with Gasteiger partial charge in [0.15, 0.2) is 11.5 Å². The lowest BCUT2D eigenvalue weighted by atomic mass is 10.1. The summed E-state index contributed by atoms with van der Waals surface area (Å²) in [6.07, 6.45) is 2.47.